The van der Waals surface area contributed by atoms with Crippen molar-refractivity contribution in [2.24, 2.45) is 0 Å². The molecule has 0 aliphatic rings. The molecule has 1 heterocycles. The van der Waals surface area contributed by atoms with Gasteiger partial charge in [0.15, 0.2) is 0 Å². The number of carboxylic acid groups (broad SMARTS) is 1. The highest BCUT2D eigenvalue weighted by molar-refractivity contribution is 7.92. The standard InChI is InChI=1S/C9H9F3N2O4S/c10-9(11,12)7-2-1-6(5-13-7)14-19(17,18)4-3-8(15)16/h1-2,5,14H,3-4H2,(H,15,16). The normalized spacial score (nSPS) is 12.2. The highest BCUT2D eigenvalue weighted by Gasteiger charge is 2.32. The number of aromatic nitrogens is 1. The van der Waals surface area contributed by atoms with E-state index in [1.54, 1.807) is 0 Å². The van der Waals surface area contributed by atoms with Crippen molar-refractivity contribution >= 4 is 21.7 Å². The molecule has 0 bridgehead atoms. The number of aliphatic carboxylic acids is 1. The number of pyridine rings is 1. The monoisotopic (exact) mass is 298 g/mol. The van der Waals surface area contributed by atoms with Crippen LogP contribution in [0.4, 0.5) is 18.9 Å². The number of sulfonamides is 1. The van der Waals surface area contributed by atoms with E-state index in [2.05, 4.69) is 4.98 Å². The predicted octanol–water partition coefficient (Wildman–Crippen LogP) is 1.32. The Morgan fingerprint density at radius 3 is 2.42 bits per heavy atom. The van der Waals surface area contributed by atoms with Gasteiger partial charge in [0.1, 0.15) is 5.69 Å². The Labute approximate surface area is 106 Å². The summed E-state index contributed by atoms with van der Waals surface area (Å²) in [6, 6.07) is 1.52. The molecule has 1 aromatic heterocycles. The smallest absolute Gasteiger partial charge is 0.433 e. The van der Waals surface area contributed by atoms with Crippen LogP contribution >= 0.6 is 0 Å². The van der Waals surface area contributed by atoms with Crippen molar-refractivity contribution in [3.63, 3.8) is 0 Å². The van der Waals surface area contributed by atoms with Crippen LogP contribution in [0.3, 0.4) is 0 Å². The Hall–Kier alpha value is -1.84. The minimum Gasteiger partial charge on any atom is -0.481 e. The third-order valence-corrected chi connectivity index (χ3v) is 3.20. The van der Waals surface area contributed by atoms with E-state index >= 15 is 0 Å². The maximum absolute atomic E-state index is 12.2. The van der Waals surface area contributed by atoms with Crippen molar-refractivity contribution in [1.29, 1.82) is 0 Å². The van der Waals surface area contributed by atoms with Crippen LogP contribution in [0.25, 0.3) is 0 Å². The van der Waals surface area contributed by atoms with Crippen LogP contribution in [0.5, 0.6) is 0 Å². The minimum atomic E-state index is -4.61. The molecule has 0 amide bonds. The molecular weight excluding hydrogens is 289 g/mol. The van der Waals surface area contributed by atoms with E-state index < -0.39 is 40.0 Å². The van der Waals surface area contributed by atoms with E-state index in [1.807, 2.05) is 4.72 Å². The Morgan fingerprint density at radius 2 is 2.00 bits per heavy atom. The number of hydrogen-bond acceptors (Lipinski definition) is 4. The summed E-state index contributed by atoms with van der Waals surface area (Å²) in [4.78, 5) is 13.3. The first kappa shape index (κ1) is 15.2. The fraction of sp³-hybridized carbons (Fsp3) is 0.333. The molecule has 6 nitrogen and oxygen atoms in total. The summed E-state index contributed by atoms with van der Waals surface area (Å²) >= 11 is 0. The second-order valence-corrected chi connectivity index (χ2v) is 5.34. The minimum absolute atomic E-state index is 0.168. The molecule has 0 fully saturated rings. The van der Waals surface area contributed by atoms with Gasteiger partial charge in [0.25, 0.3) is 0 Å². The lowest BCUT2D eigenvalue weighted by Gasteiger charge is -2.08. The first-order valence-electron chi connectivity index (χ1n) is 4.86. The van der Waals surface area contributed by atoms with Crippen LogP contribution in [0.2, 0.25) is 0 Å². The molecule has 19 heavy (non-hydrogen) atoms. The van der Waals surface area contributed by atoms with Gasteiger partial charge in [0.2, 0.25) is 10.0 Å². The van der Waals surface area contributed by atoms with Gasteiger partial charge in [-0.2, -0.15) is 13.2 Å². The number of carboxylic acids is 1. The molecule has 0 saturated carbocycles. The van der Waals surface area contributed by atoms with Crippen molar-refractivity contribution < 1.29 is 31.5 Å². The zero-order valence-electron chi connectivity index (χ0n) is 9.31. The molecule has 0 aromatic carbocycles. The maximum Gasteiger partial charge on any atom is 0.433 e. The average Bonchev–Trinajstić information content (AvgIpc) is 2.25. The number of anilines is 1. The largest absolute Gasteiger partial charge is 0.481 e. The Bertz CT molecular complexity index is 554. The molecule has 0 aliphatic heterocycles. The Balaban J connectivity index is 2.75. The van der Waals surface area contributed by atoms with Crippen LogP contribution in [0.15, 0.2) is 18.3 Å². The van der Waals surface area contributed by atoms with Gasteiger partial charge in [-0.05, 0) is 12.1 Å². The number of hydrogen-bond donors (Lipinski definition) is 2. The fourth-order valence-corrected chi connectivity index (χ4v) is 2.10. The molecule has 0 spiro atoms. The summed E-state index contributed by atoms with van der Waals surface area (Å²) < 4.78 is 61.3. The number of alkyl halides is 3. The van der Waals surface area contributed by atoms with Crippen LogP contribution < -0.4 is 4.72 Å². The number of rotatable bonds is 5. The van der Waals surface area contributed by atoms with Gasteiger partial charge in [0, 0.05) is 0 Å². The lowest BCUT2D eigenvalue weighted by molar-refractivity contribution is -0.141. The van der Waals surface area contributed by atoms with Crippen molar-refractivity contribution in [2.45, 2.75) is 12.6 Å². The lowest BCUT2D eigenvalue weighted by Crippen LogP contribution is -2.19. The molecule has 0 atom stereocenters. The topological polar surface area (TPSA) is 96.4 Å². The number of carbonyl (C=O) groups is 1. The van der Waals surface area contributed by atoms with E-state index in [-0.39, 0.29) is 5.69 Å². The highest BCUT2D eigenvalue weighted by atomic mass is 32.2. The third kappa shape index (κ3) is 5.12. The van der Waals surface area contributed by atoms with E-state index in [4.69, 9.17) is 5.11 Å². The van der Waals surface area contributed by atoms with Gasteiger partial charge in [0.05, 0.1) is 24.1 Å². The summed E-state index contributed by atoms with van der Waals surface area (Å²) in [5.74, 6) is -1.97. The van der Waals surface area contributed by atoms with Crippen molar-refractivity contribution in [2.75, 3.05) is 10.5 Å². The zero-order valence-corrected chi connectivity index (χ0v) is 10.1. The number of halogens is 3. The molecular formula is C9H9F3N2O4S. The van der Waals surface area contributed by atoms with E-state index in [0.29, 0.717) is 12.3 Å². The molecule has 10 heteroatoms. The Kier molecular flexibility index (Phi) is 4.35. The summed E-state index contributed by atoms with van der Waals surface area (Å²) in [5, 5.41) is 8.34. The average molecular weight is 298 g/mol. The van der Waals surface area contributed by atoms with Gasteiger partial charge in [-0.1, -0.05) is 0 Å². The predicted molar refractivity (Wildman–Crippen MR) is 58.9 cm³/mol. The first-order valence-corrected chi connectivity index (χ1v) is 6.51. The molecule has 0 aliphatic carbocycles. The van der Waals surface area contributed by atoms with Crippen LogP contribution in [-0.4, -0.2) is 30.2 Å². The summed E-state index contributed by atoms with van der Waals surface area (Å²) in [7, 11) is -3.93. The van der Waals surface area contributed by atoms with Gasteiger partial charge < -0.3 is 5.11 Å². The lowest BCUT2D eigenvalue weighted by atomic mass is 10.3. The van der Waals surface area contributed by atoms with Gasteiger partial charge in [-0.15, -0.1) is 0 Å². The maximum atomic E-state index is 12.2. The molecule has 0 radical (unpaired) electrons. The second-order valence-electron chi connectivity index (χ2n) is 3.49. The van der Waals surface area contributed by atoms with Crippen molar-refractivity contribution in [3.8, 4) is 0 Å². The van der Waals surface area contributed by atoms with E-state index in [9.17, 15) is 26.4 Å². The van der Waals surface area contributed by atoms with Crippen LogP contribution in [0, 0.1) is 0 Å². The SMILES string of the molecule is O=C(O)CCS(=O)(=O)Nc1ccc(C(F)(F)F)nc1. The summed E-state index contributed by atoms with van der Waals surface area (Å²) in [5.41, 5.74) is -1.32. The van der Waals surface area contributed by atoms with Crippen LogP contribution in [-0.2, 0) is 21.0 Å². The molecule has 106 valence electrons. The fourth-order valence-electron chi connectivity index (χ4n) is 1.07. The highest BCUT2D eigenvalue weighted by Crippen LogP contribution is 2.27. The molecule has 2 N–H and O–H groups in total. The van der Waals surface area contributed by atoms with Crippen molar-refractivity contribution in [3.05, 3.63) is 24.0 Å². The Morgan fingerprint density at radius 1 is 1.37 bits per heavy atom. The molecule has 1 rings (SSSR count). The first-order chi connectivity index (χ1) is 8.60. The van der Waals surface area contributed by atoms with E-state index in [0.717, 1.165) is 6.07 Å². The van der Waals surface area contributed by atoms with Gasteiger partial charge >= 0.3 is 12.1 Å². The summed E-state index contributed by atoms with van der Waals surface area (Å²) in [6.07, 6.45) is -4.51. The molecule has 0 unspecified atom stereocenters. The van der Waals surface area contributed by atoms with E-state index in [1.165, 1.54) is 0 Å². The van der Waals surface area contributed by atoms with Gasteiger partial charge in [-0.3, -0.25) is 9.52 Å². The zero-order chi connectivity index (χ0) is 14.7. The molecule has 1 aromatic rings. The number of nitrogens with one attached hydrogen (secondary N) is 1. The van der Waals surface area contributed by atoms with Crippen LogP contribution in [0.1, 0.15) is 12.1 Å². The van der Waals surface area contributed by atoms with Crippen molar-refractivity contribution in [1.82, 2.24) is 4.98 Å². The molecule has 0 saturated heterocycles. The van der Waals surface area contributed by atoms with Gasteiger partial charge in [-0.25, -0.2) is 13.4 Å². The quantitative estimate of drug-likeness (QED) is 0.854. The number of nitrogens with zero attached hydrogens (tertiary/aromatic N) is 1. The summed E-state index contributed by atoms with van der Waals surface area (Å²) in [6.45, 7) is 0. The third-order valence-electron chi connectivity index (χ3n) is 1.91. The second kappa shape index (κ2) is 5.43.